The molecule has 2 aromatic rings. The van der Waals surface area contributed by atoms with Crippen molar-refractivity contribution in [1.29, 1.82) is 0 Å². The fraction of sp³-hybridized carbons (Fsp3) is 0.444. The van der Waals surface area contributed by atoms with Gasteiger partial charge >= 0.3 is 0 Å². The Morgan fingerprint density at radius 3 is 2.71 bits per heavy atom. The summed E-state index contributed by atoms with van der Waals surface area (Å²) in [5, 5.41) is 4.43. The van der Waals surface area contributed by atoms with Gasteiger partial charge in [-0.05, 0) is 48.2 Å². The van der Waals surface area contributed by atoms with Crippen LogP contribution < -0.4 is 5.32 Å². The van der Waals surface area contributed by atoms with Crippen molar-refractivity contribution in [2.45, 2.75) is 39.8 Å². The highest BCUT2D eigenvalue weighted by Gasteiger charge is 2.15. The van der Waals surface area contributed by atoms with E-state index in [4.69, 9.17) is 11.6 Å². The van der Waals surface area contributed by atoms with Crippen molar-refractivity contribution < 1.29 is 0 Å². The minimum Gasteiger partial charge on any atom is -0.350 e. The molecule has 0 bridgehead atoms. The number of hydrogen-bond donors (Lipinski definition) is 1. The van der Waals surface area contributed by atoms with Crippen LogP contribution in [-0.2, 0) is 6.54 Å². The molecule has 2 nitrogen and oxygen atoms in total. The summed E-state index contributed by atoms with van der Waals surface area (Å²) in [6.45, 7) is 8.65. The van der Waals surface area contributed by atoms with Crippen molar-refractivity contribution in [3.8, 4) is 0 Å². The van der Waals surface area contributed by atoms with Gasteiger partial charge in [0.15, 0.2) is 0 Å². The molecule has 1 aromatic carbocycles. The van der Waals surface area contributed by atoms with E-state index in [0.717, 1.165) is 24.5 Å². The topological polar surface area (TPSA) is 17.0 Å². The lowest BCUT2D eigenvalue weighted by molar-refractivity contribution is 0.412. The van der Waals surface area contributed by atoms with Crippen LogP contribution in [0.1, 0.15) is 44.4 Å². The van der Waals surface area contributed by atoms with Gasteiger partial charge in [0.05, 0.1) is 0 Å². The second-order valence-electron chi connectivity index (χ2n) is 5.92. The van der Waals surface area contributed by atoms with Crippen LogP contribution in [0.3, 0.4) is 0 Å². The SMILES string of the molecule is CCCNC(c1ccn(Cc2cccc(Cl)c2)c1)C(C)C. The Labute approximate surface area is 133 Å². The maximum absolute atomic E-state index is 6.05. The van der Waals surface area contributed by atoms with Crippen molar-refractivity contribution in [2.75, 3.05) is 6.54 Å². The van der Waals surface area contributed by atoms with E-state index in [0.29, 0.717) is 12.0 Å². The van der Waals surface area contributed by atoms with Gasteiger partial charge in [0, 0.05) is 30.0 Å². The first-order valence-electron chi connectivity index (χ1n) is 7.73. The van der Waals surface area contributed by atoms with Gasteiger partial charge in [-0.15, -0.1) is 0 Å². The minimum absolute atomic E-state index is 0.422. The zero-order valence-corrected chi connectivity index (χ0v) is 13.9. The van der Waals surface area contributed by atoms with Crippen molar-refractivity contribution in [3.63, 3.8) is 0 Å². The fourth-order valence-corrected chi connectivity index (χ4v) is 2.84. The van der Waals surface area contributed by atoms with Crippen molar-refractivity contribution >= 4 is 11.6 Å². The van der Waals surface area contributed by atoms with Crippen molar-refractivity contribution in [3.05, 3.63) is 58.9 Å². The highest BCUT2D eigenvalue weighted by Crippen LogP contribution is 2.22. The molecule has 114 valence electrons. The largest absolute Gasteiger partial charge is 0.350 e. The fourth-order valence-electron chi connectivity index (χ4n) is 2.63. The lowest BCUT2D eigenvalue weighted by Crippen LogP contribution is -2.26. The maximum Gasteiger partial charge on any atom is 0.0470 e. The van der Waals surface area contributed by atoms with Crippen LogP contribution in [0.15, 0.2) is 42.7 Å². The quantitative estimate of drug-likeness (QED) is 0.771. The van der Waals surface area contributed by atoms with Gasteiger partial charge in [0.1, 0.15) is 0 Å². The highest BCUT2D eigenvalue weighted by molar-refractivity contribution is 6.30. The molecular weight excluding hydrogens is 280 g/mol. The predicted octanol–water partition coefficient (Wildman–Crippen LogP) is 4.89. The molecule has 21 heavy (non-hydrogen) atoms. The van der Waals surface area contributed by atoms with E-state index in [1.54, 1.807) is 0 Å². The molecule has 0 aliphatic heterocycles. The summed E-state index contributed by atoms with van der Waals surface area (Å²) in [5.41, 5.74) is 2.59. The molecule has 0 amide bonds. The molecule has 1 aromatic heterocycles. The van der Waals surface area contributed by atoms with Crippen LogP contribution in [0.25, 0.3) is 0 Å². The normalized spacial score (nSPS) is 12.8. The summed E-state index contributed by atoms with van der Waals surface area (Å²) >= 11 is 6.05. The van der Waals surface area contributed by atoms with Crippen LogP contribution in [0.2, 0.25) is 5.02 Å². The van der Waals surface area contributed by atoms with E-state index in [1.807, 2.05) is 18.2 Å². The number of nitrogens with zero attached hydrogens (tertiary/aromatic N) is 1. The van der Waals surface area contributed by atoms with Gasteiger partial charge in [-0.1, -0.05) is 44.5 Å². The van der Waals surface area contributed by atoms with Crippen LogP contribution in [0, 0.1) is 5.92 Å². The van der Waals surface area contributed by atoms with E-state index in [9.17, 15) is 0 Å². The van der Waals surface area contributed by atoms with E-state index in [2.05, 4.69) is 55.2 Å². The summed E-state index contributed by atoms with van der Waals surface area (Å²) in [6, 6.07) is 10.7. The van der Waals surface area contributed by atoms with E-state index in [1.165, 1.54) is 11.1 Å². The molecule has 0 fully saturated rings. The molecule has 1 N–H and O–H groups in total. The molecule has 1 atom stereocenters. The van der Waals surface area contributed by atoms with Gasteiger partial charge in [-0.2, -0.15) is 0 Å². The summed E-state index contributed by atoms with van der Waals surface area (Å²) in [6.07, 6.45) is 5.56. The third-order valence-corrected chi connectivity index (χ3v) is 3.90. The first-order chi connectivity index (χ1) is 10.1. The van der Waals surface area contributed by atoms with Gasteiger partial charge in [0.2, 0.25) is 0 Å². The number of benzene rings is 1. The predicted molar refractivity (Wildman–Crippen MR) is 90.9 cm³/mol. The Kier molecular flexibility index (Phi) is 5.89. The number of aromatic nitrogens is 1. The van der Waals surface area contributed by atoms with Crippen LogP contribution in [-0.4, -0.2) is 11.1 Å². The number of rotatable bonds is 7. The van der Waals surface area contributed by atoms with Crippen LogP contribution in [0.5, 0.6) is 0 Å². The second-order valence-corrected chi connectivity index (χ2v) is 6.36. The second kappa shape index (κ2) is 7.67. The van der Waals surface area contributed by atoms with Gasteiger partial charge < -0.3 is 9.88 Å². The monoisotopic (exact) mass is 304 g/mol. The summed E-state index contributed by atoms with van der Waals surface area (Å²) < 4.78 is 2.23. The first-order valence-corrected chi connectivity index (χ1v) is 8.11. The summed E-state index contributed by atoms with van der Waals surface area (Å²) in [7, 11) is 0. The third kappa shape index (κ3) is 4.62. The lowest BCUT2D eigenvalue weighted by Gasteiger charge is -2.21. The molecule has 0 saturated heterocycles. The average molecular weight is 305 g/mol. The smallest absolute Gasteiger partial charge is 0.0470 e. The van der Waals surface area contributed by atoms with Gasteiger partial charge in [0.25, 0.3) is 0 Å². The Morgan fingerprint density at radius 1 is 1.24 bits per heavy atom. The van der Waals surface area contributed by atoms with Crippen molar-refractivity contribution in [2.24, 2.45) is 5.92 Å². The molecule has 0 saturated carbocycles. The molecule has 0 radical (unpaired) electrons. The van der Waals surface area contributed by atoms with Crippen LogP contribution >= 0.6 is 11.6 Å². The molecule has 3 heteroatoms. The van der Waals surface area contributed by atoms with E-state index < -0.39 is 0 Å². The molecule has 1 heterocycles. The first kappa shape index (κ1) is 16.1. The zero-order chi connectivity index (χ0) is 15.2. The molecule has 0 spiro atoms. The Morgan fingerprint density at radius 2 is 2.05 bits per heavy atom. The summed E-state index contributed by atoms with van der Waals surface area (Å²) in [4.78, 5) is 0. The average Bonchev–Trinajstić information content (AvgIpc) is 2.87. The van der Waals surface area contributed by atoms with E-state index in [-0.39, 0.29) is 0 Å². The number of hydrogen-bond acceptors (Lipinski definition) is 1. The van der Waals surface area contributed by atoms with Crippen molar-refractivity contribution in [1.82, 2.24) is 9.88 Å². The molecule has 2 rings (SSSR count). The number of halogens is 1. The minimum atomic E-state index is 0.422. The Balaban J connectivity index is 2.09. The number of nitrogens with one attached hydrogen (secondary N) is 1. The maximum atomic E-state index is 6.05. The summed E-state index contributed by atoms with van der Waals surface area (Å²) in [5.74, 6) is 0.582. The zero-order valence-electron chi connectivity index (χ0n) is 13.1. The van der Waals surface area contributed by atoms with Crippen LogP contribution in [0.4, 0.5) is 0 Å². The third-order valence-electron chi connectivity index (χ3n) is 3.67. The molecule has 0 aliphatic rings. The van der Waals surface area contributed by atoms with Gasteiger partial charge in [-0.25, -0.2) is 0 Å². The van der Waals surface area contributed by atoms with Gasteiger partial charge in [-0.3, -0.25) is 0 Å². The molecule has 0 aliphatic carbocycles. The Hall–Kier alpha value is -1.25. The lowest BCUT2D eigenvalue weighted by atomic mass is 9.98. The molecular formula is C18H25ClN2. The Bertz CT molecular complexity index is 560. The van der Waals surface area contributed by atoms with E-state index >= 15 is 0 Å². The highest BCUT2D eigenvalue weighted by atomic mass is 35.5. The molecule has 1 unspecified atom stereocenters. The standard InChI is InChI=1S/C18H25ClN2/c1-4-9-20-18(14(2)3)16-8-10-21(13-16)12-15-6-5-7-17(19)11-15/h5-8,10-11,13-14,18,20H,4,9,12H2,1-3H3.